The van der Waals surface area contributed by atoms with Gasteiger partial charge in [-0.3, -0.25) is 14.9 Å². The van der Waals surface area contributed by atoms with Crippen LogP contribution in [-0.2, 0) is 0 Å². The summed E-state index contributed by atoms with van der Waals surface area (Å²) in [5.41, 5.74) is 0.170. The number of benzene rings is 1. The summed E-state index contributed by atoms with van der Waals surface area (Å²) in [6, 6.07) is 4.62. The fourth-order valence-corrected chi connectivity index (χ4v) is 3.30. The van der Waals surface area contributed by atoms with Gasteiger partial charge in [-0.05, 0) is 37.8 Å². The summed E-state index contributed by atoms with van der Waals surface area (Å²) in [7, 11) is 1.79. The van der Waals surface area contributed by atoms with Crippen LogP contribution in [-0.4, -0.2) is 35.4 Å². The lowest BCUT2D eigenvalue weighted by Gasteiger charge is -2.36. The van der Waals surface area contributed by atoms with Crippen LogP contribution < -0.4 is 4.74 Å². The third kappa shape index (κ3) is 3.81. The molecule has 0 N–H and O–H groups in total. The lowest BCUT2D eigenvalue weighted by atomic mass is 9.85. The number of nitro groups is 1. The van der Waals surface area contributed by atoms with E-state index in [0.29, 0.717) is 18.1 Å². The molecule has 1 amide bonds. The molecule has 1 aromatic carbocycles. The summed E-state index contributed by atoms with van der Waals surface area (Å²) in [6.07, 6.45) is 4.43. The molecule has 1 fully saturated rings. The minimum Gasteiger partial charge on any atom is -0.487 e. The molecule has 23 heavy (non-hydrogen) atoms. The first kappa shape index (κ1) is 17.2. The predicted octanol–water partition coefficient (Wildman–Crippen LogP) is 3.64. The summed E-state index contributed by atoms with van der Waals surface area (Å²) in [4.78, 5) is 25.1. The van der Waals surface area contributed by atoms with Gasteiger partial charge in [-0.25, -0.2) is 0 Å². The second-order valence-electron chi connectivity index (χ2n) is 6.12. The van der Waals surface area contributed by atoms with Crippen LogP contribution in [0.4, 0.5) is 5.69 Å². The van der Waals surface area contributed by atoms with Gasteiger partial charge in [0.2, 0.25) is 0 Å². The van der Waals surface area contributed by atoms with Gasteiger partial charge in [0.15, 0.2) is 5.75 Å². The summed E-state index contributed by atoms with van der Waals surface area (Å²) >= 11 is 0. The average Bonchev–Trinajstić information content (AvgIpc) is 2.54. The van der Waals surface area contributed by atoms with Crippen LogP contribution in [0, 0.1) is 16.0 Å². The van der Waals surface area contributed by atoms with Gasteiger partial charge in [-0.2, -0.15) is 0 Å². The number of nitro benzene ring substituents is 1. The van der Waals surface area contributed by atoms with E-state index in [0.717, 1.165) is 19.3 Å². The molecule has 0 spiro atoms. The van der Waals surface area contributed by atoms with E-state index < -0.39 is 4.92 Å². The Labute approximate surface area is 136 Å². The average molecular weight is 320 g/mol. The molecule has 6 nitrogen and oxygen atoms in total. The van der Waals surface area contributed by atoms with Crippen LogP contribution in [0.1, 0.15) is 49.9 Å². The first-order chi connectivity index (χ1) is 11.0. The van der Waals surface area contributed by atoms with Crippen molar-refractivity contribution in [2.45, 2.75) is 45.6 Å². The monoisotopic (exact) mass is 320 g/mol. The van der Waals surface area contributed by atoms with Crippen LogP contribution in [0.5, 0.6) is 5.75 Å². The highest BCUT2D eigenvalue weighted by Crippen LogP contribution is 2.31. The molecule has 0 heterocycles. The lowest BCUT2D eigenvalue weighted by Crippen LogP contribution is -2.42. The quantitative estimate of drug-likeness (QED) is 0.613. The van der Waals surface area contributed by atoms with Crippen LogP contribution in [0.25, 0.3) is 0 Å². The SMILES string of the molecule is CCOc1ccc(C(=O)N(C)C2CCCCC2C)cc1[N+](=O)[O-]. The fourth-order valence-electron chi connectivity index (χ4n) is 3.30. The Morgan fingerprint density at radius 1 is 1.39 bits per heavy atom. The first-order valence-electron chi connectivity index (χ1n) is 8.14. The largest absolute Gasteiger partial charge is 0.487 e. The van der Waals surface area contributed by atoms with E-state index in [-0.39, 0.29) is 23.4 Å². The van der Waals surface area contributed by atoms with Gasteiger partial charge in [-0.15, -0.1) is 0 Å². The van der Waals surface area contributed by atoms with E-state index >= 15 is 0 Å². The van der Waals surface area contributed by atoms with Crippen molar-refractivity contribution in [3.63, 3.8) is 0 Å². The maximum Gasteiger partial charge on any atom is 0.311 e. The van der Waals surface area contributed by atoms with Gasteiger partial charge in [-0.1, -0.05) is 19.8 Å². The molecule has 0 radical (unpaired) electrons. The molecule has 1 saturated carbocycles. The predicted molar refractivity (Wildman–Crippen MR) is 87.8 cm³/mol. The van der Waals surface area contributed by atoms with Gasteiger partial charge in [0.1, 0.15) is 0 Å². The zero-order valence-corrected chi connectivity index (χ0v) is 13.9. The van der Waals surface area contributed by atoms with Gasteiger partial charge >= 0.3 is 5.69 Å². The highest BCUT2D eigenvalue weighted by atomic mass is 16.6. The Morgan fingerprint density at radius 3 is 2.70 bits per heavy atom. The van der Waals surface area contributed by atoms with Gasteiger partial charge in [0.05, 0.1) is 11.5 Å². The summed E-state index contributed by atoms with van der Waals surface area (Å²) in [5, 5.41) is 11.2. The van der Waals surface area contributed by atoms with E-state index in [2.05, 4.69) is 6.92 Å². The number of ether oxygens (including phenoxy) is 1. The molecule has 126 valence electrons. The summed E-state index contributed by atoms with van der Waals surface area (Å²) in [5.74, 6) is 0.480. The zero-order valence-electron chi connectivity index (χ0n) is 13.9. The Morgan fingerprint density at radius 2 is 2.09 bits per heavy atom. The molecule has 2 rings (SSSR count). The van der Waals surface area contributed by atoms with Crippen molar-refractivity contribution < 1.29 is 14.5 Å². The number of rotatable bonds is 5. The standard InChI is InChI=1S/C17H24N2O4/c1-4-23-16-10-9-13(11-15(16)19(21)22)17(20)18(3)14-8-6-5-7-12(14)2/h9-12,14H,4-8H2,1-3H3. The molecule has 1 aliphatic carbocycles. The molecule has 1 aromatic rings. The van der Waals surface area contributed by atoms with Gasteiger partial charge < -0.3 is 9.64 Å². The van der Waals surface area contributed by atoms with Crippen molar-refractivity contribution >= 4 is 11.6 Å². The smallest absolute Gasteiger partial charge is 0.311 e. The number of carbonyl (C=O) groups excluding carboxylic acids is 1. The maximum atomic E-state index is 12.7. The molecular weight excluding hydrogens is 296 g/mol. The Bertz CT molecular complexity index is 588. The van der Waals surface area contributed by atoms with Crippen LogP contribution >= 0.6 is 0 Å². The highest BCUT2D eigenvalue weighted by molar-refractivity contribution is 5.95. The van der Waals surface area contributed by atoms with Gasteiger partial charge in [0, 0.05) is 24.7 Å². The molecule has 0 aromatic heterocycles. The van der Waals surface area contributed by atoms with Crippen molar-refractivity contribution in [1.82, 2.24) is 4.90 Å². The number of carbonyl (C=O) groups is 1. The highest BCUT2D eigenvalue weighted by Gasteiger charge is 2.29. The molecule has 0 bridgehead atoms. The van der Waals surface area contributed by atoms with Crippen molar-refractivity contribution in [3.8, 4) is 5.75 Å². The van der Waals surface area contributed by atoms with Crippen LogP contribution in [0.15, 0.2) is 18.2 Å². The summed E-state index contributed by atoms with van der Waals surface area (Å²) in [6.45, 7) is 4.27. The molecule has 0 saturated heterocycles. The minimum absolute atomic E-state index is 0.164. The molecule has 0 aliphatic heterocycles. The molecule has 1 aliphatic rings. The minimum atomic E-state index is -0.509. The first-order valence-corrected chi connectivity index (χ1v) is 8.14. The molecule has 2 unspecified atom stereocenters. The Balaban J connectivity index is 2.24. The Hall–Kier alpha value is -2.11. The Kier molecular flexibility index (Phi) is 5.58. The van der Waals surface area contributed by atoms with Crippen molar-refractivity contribution in [3.05, 3.63) is 33.9 Å². The summed E-state index contributed by atoms with van der Waals surface area (Å²) < 4.78 is 5.26. The van der Waals surface area contributed by atoms with E-state index in [9.17, 15) is 14.9 Å². The number of amides is 1. The molecule has 6 heteroatoms. The topological polar surface area (TPSA) is 72.7 Å². The van der Waals surface area contributed by atoms with E-state index in [4.69, 9.17) is 4.74 Å². The molecule has 2 atom stereocenters. The van der Waals surface area contributed by atoms with Crippen molar-refractivity contribution in [2.24, 2.45) is 5.92 Å². The van der Waals surface area contributed by atoms with Crippen molar-refractivity contribution in [2.75, 3.05) is 13.7 Å². The third-order valence-corrected chi connectivity index (χ3v) is 4.59. The zero-order chi connectivity index (χ0) is 17.0. The number of nitrogens with zero attached hydrogens (tertiary/aromatic N) is 2. The van der Waals surface area contributed by atoms with Crippen LogP contribution in [0.2, 0.25) is 0 Å². The van der Waals surface area contributed by atoms with E-state index in [1.807, 2.05) is 0 Å². The second-order valence-corrected chi connectivity index (χ2v) is 6.12. The van der Waals surface area contributed by atoms with E-state index in [1.165, 1.54) is 18.6 Å². The number of hydrogen-bond acceptors (Lipinski definition) is 4. The maximum absolute atomic E-state index is 12.7. The van der Waals surface area contributed by atoms with Gasteiger partial charge in [0.25, 0.3) is 5.91 Å². The second kappa shape index (κ2) is 7.44. The molecular formula is C17H24N2O4. The van der Waals surface area contributed by atoms with E-state index in [1.54, 1.807) is 24.9 Å². The third-order valence-electron chi connectivity index (χ3n) is 4.59. The van der Waals surface area contributed by atoms with Crippen molar-refractivity contribution in [1.29, 1.82) is 0 Å². The number of hydrogen-bond donors (Lipinski definition) is 0. The normalized spacial score (nSPS) is 20.8. The lowest BCUT2D eigenvalue weighted by molar-refractivity contribution is -0.385. The fraction of sp³-hybridized carbons (Fsp3) is 0.588. The van der Waals surface area contributed by atoms with Crippen LogP contribution in [0.3, 0.4) is 0 Å².